The normalized spacial score (nSPS) is 17.4. The van der Waals surface area contributed by atoms with Crippen molar-refractivity contribution < 1.29 is 9.52 Å². The Morgan fingerprint density at radius 1 is 1.56 bits per heavy atom. The molecule has 1 aromatic rings. The minimum atomic E-state index is -0.412. The van der Waals surface area contributed by atoms with E-state index >= 15 is 0 Å². The molecule has 0 radical (unpaired) electrons. The fourth-order valence-corrected chi connectivity index (χ4v) is 1.46. The molecule has 6 heteroatoms. The fraction of sp³-hybridized carbons (Fsp3) is 0.800. The molecule has 0 aromatic carbocycles. The van der Waals surface area contributed by atoms with Crippen molar-refractivity contribution in [2.75, 3.05) is 18.5 Å². The molecule has 16 heavy (non-hydrogen) atoms. The van der Waals surface area contributed by atoms with Gasteiger partial charge in [0.25, 0.3) is 0 Å². The predicted molar refractivity (Wildman–Crippen MR) is 59.1 cm³/mol. The maximum atomic E-state index is 9.23. The maximum Gasteiger partial charge on any atom is 0.318 e. The monoisotopic (exact) mass is 226 g/mol. The Morgan fingerprint density at radius 2 is 2.31 bits per heavy atom. The number of nitrogens with zero attached hydrogens (tertiary/aromatic N) is 3. The van der Waals surface area contributed by atoms with E-state index in [2.05, 4.69) is 15.5 Å². The Kier molecular flexibility index (Phi) is 3.40. The Hall–Kier alpha value is -1.14. The predicted octanol–water partition coefficient (Wildman–Crippen LogP) is 0.139. The number of aliphatic hydroxyl groups is 1. The molecule has 1 unspecified atom stereocenters. The van der Waals surface area contributed by atoms with Crippen LogP contribution in [0.4, 0.5) is 6.01 Å². The van der Waals surface area contributed by atoms with Gasteiger partial charge in [0.15, 0.2) is 0 Å². The largest absolute Gasteiger partial charge is 0.407 e. The van der Waals surface area contributed by atoms with Crippen LogP contribution in [0.15, 0.2) is 4.42 Å². The minimum Gasteiger partial charge on any atom is -0.407 e. The first kappa shape index (κ1) is 11.3. The van der Waals surface area contributed by atoms with Crippen molar-refractivity contribution in [3.05, 3.63) is 5.89 Å². The summed E-state index contributed by atoms with van der Waals surface area (Å²) >= 11 is 0. The summed E-state index contributed by atoms with van der Waals surface area (Å²) in [5.41, 5.74) is 0. The zero-order valence-corrected chi connectivity index (χ0v) is 9.68. The third-order valence-corrected chi connectivity index (χ3v) is 2.44. The van der Waals surface area contributed by atoms with Gasteiger partial charge in [-0.05, 0) is 19.8 Å². The van der Waals surface area contributed by atoms with Crippen molar-refractivity contribution in [1.82, 2.24) is 15.5 Å². The number of aromatic nitrogens is 2. The summed E-state index contributed by atoms with van der Waals surface area (Å²) in [4.78, 5) is 1.75. The van der Waals surface area contributed by atoms with Crippen LogP contribution in [0, 0.1) is 0 Å². The first-order valence-electron chi connectivity index (χ1n) is 5.60. The van der Waals surface area contributed by atoms with Gasteiger partial charge < -0.3 is 19.7 Å². The molecule has 1 aromatic heterocycles. The van der Waals surface area contributed by atoms with E-state index < -0.39 is 6.10 Å². The van der Waals surface area contributed by atoms with Gasteiger partial charge in [-0.3, -0.25) is 0 Å². The van der Waals surface area contributed by atoms with Crippen LogP contribution in [0.25, 0.3) is 0 Å². The number of hydrogen-bond donors (Lipinski definition) is 2. The Balaban J connectivity index is 1.84. The van der Waals surface area contributed by atoms with Crippen molar-refractivity contribution in [3.8, 4) is 0 Å². The van der Waals surface area contributed by atoms with Crippen LogP contribution in [0.1, 0.15) is 25.7 Å². The summed E-state index contributed by atoms with van der Waals surface area (Å²) in [5, 5.41) is 20.4. The minimum absolute atomic E-state index is 0.412. The van der Waals surface area contributed by atoms with E-state index in [4.69, 9.17) is 4.42 Å². The smallest absolute Gasteiger partial charge is 0.318 e. The van der Waals surface area contributed by atoms with E-state index in [1.807, 2.05) is 7.05 Å². The number of hydrogen-bond acceptors (Lipinski definition) is 6. The number of nitrogens with one attached hydrogen (secondary N) is 1. The number of anilines is 1. The van der Waals surface area contributed by atoms with Gasteiger partial charge >= 0.3 is 6.01 Å². The molecule has 2 N–H and O–H groups in total. The van der Waals surface area contributed by atoms with Gasteiger partial charge in [0.1, 0.15) is 0 Å². The third-order valence-electron chi connectivity index (χ3n) is 2.44. The maximum absolute atomic E-state index is 9.23. The Morgan fingerprint density at radius 3 is 2.94 bits per heavy atom. The molecule has 1 aliphatic rings. The SMILES string of the molecule is CC(O)CN(C)c1nnc(CNC2CC2)o1. The van der Waals surface area contributed by atoms with Gasteiger partial charge in [-0.15, -0.1) is 5.10 Å². The highest BCUT2D eigenvalue weighted by molar-refractivity contribution is 5.21. The second kappa shape index (κ2) is 4.80. The van der Waals surface area contributed by atoms with Gasteiger partial charge in [0.2, 0.25) is 5.89 Å². The zero-order chi connectivity index (χ0) is 11.5. The molecule has 1 heterocycles. The Labute approximate surface area is 94.7 Å². The lowest BCUT2D eigenvalue weighted by atomic mass is 10.4. The molecule has 0 spiro atoms. The summed E-state index contributed by atoms with van der Waals surface area (Å²) in [6.45, 7) is 2.83. The van der Waals surface area contributed by atoms with Gasteiger partial charge in [0.05, 0.1) is 12.6 Å². The fourth-order valence-electron chi connectivity index (χ4n) is 1.46. The van der Waals surface area contributed by atoms with Crippen molar-refractivity contribution in [2.45, 2.75) is 38.5 Å². The molecular formula is C10H18N4O2. The van der Waals surface area contributed by atoms with Crippen LogP contribution in [0.3, 0.4) is 0 Å². The average Bonchev–Trinajstić information content (AvgIpc) is 2.92. The second-order valence-corrected chi connectivity index (χ2v) is 4.36. The van der Waals surface area contributed by atoms with Crippen LogP contribution < -0.4 is 10.2 Å². The third kappa shape index (κ3) is 3.18. The summed E-state index contributed by atoms with van der Waals surface area (Å²) < 4.78 is 5.45. The van der Waals surface area contributed by atoms with Gasteiger partial charge in [-0.1, -0.05) is 5.10 Å². The van der Waals surface area contributed by atoms with Crippen molar-refractivity contribution in [1.29, 1.82) is 0 Å². The molecule has 1 saturated carbocycles. The molecule has 0 aliphatic heterocycles. The lowest BCUT2D eigenvalue weighted by Crippen LogP contribution is -2.27. The van der Waals surface area contributed by atoms with Crippen LogP contribution in [-0.4, -0.2) is 41.0 Å². The number of aliphatic hydroxyl groups excluding tert-OH is 1. The summed E-state index contributed by atoms with van der Waals surface area (Å²) in [6.07, 6.45) is 2.07. The molecule has 2 rings (SSSR count). The van der Waals surface area contributed by atoms with Gasteiger partial charge in [-0.2, -0.15) is 0 Å². The van der Waals surface area contributed by atoms with E-state index in [0.29, 0.717) is 31.0 Å². The average molecular weight is 226 g/mol. The van der Waals surface area contributed by atoms with E-state index in [1.54, 1.807) is 11.8 Å². The van der Waals surface area contributed by atoms with E-state index in [1.165, 1.54) is 12.8 Å². The topological polar surface area (TPSA) is 74.4 Å². The van der Waals surface area contributed by atoms with E-state index in [-0.39, 0.29) is 0 Å². The standard InChI is InChI=1S/C10H18N4O2/c1-7(15)6-14(2)10-13-12-9(16-10)5-11-8-3-4-8/h7-8,11,15H,3-6H2,1-2H3. The molecule has 0 saturated heterocycles. The molecule has 1 aliphatic carbocycles. The first-order valence-corrected chi connectivity index (χ1v) is 5.60. The van der Waals surface area contributed by atoms with E-state index in [9.17, 15) is 5.11 Å². The molecule has 6 nitrogen and oxygen atoms in total. The lowest BCUT2D eigenvalue weighted by molar-refractivity contribution is 0.200. The molecular weight excluding hydrogens is 208 g/mol. The molecule has 1 atom stereocenters. The molecule has 90 valence electrons. The van der Waals surface area contributed by atoms with Gasteiger partial charge in [0, 0.05) is 19.6 Å². The van der Waals surface area contributed by atoms with Crippen LogP contribution >= 0.6 is 0 Å². The highest BCUT2D eigenvalue weighted by atomic mass is 16.4. The van der Waals surface area contributed by atoms with E-state index in [0.717, 1.165) is 0 Å². The van der Waals surface area contributed by atoms with Crippen LogP contribution in [0.5, 0.6) is 0 Å². The first-order chi connectivity index (χ1) is 7.65. The number of rotatable bonds is 6. The van der Waals surface area contributed by atoms with Gasteiger partial charge in [-0.25, -0.2) is 0 Å². The Bertz CT molecular complexity index is 335. The van der Waals surface area contributed by atoms with Crippen molar-refractivity contribution >= 4 is 6.01 Å². The summed E-state index contributed by atoms with van der Waals surface area (Å²) in [6, 6.07) is 1.08. The second-order valence-electron chi connectivity index (χ2n) is 4.36. The summed E-state index contributed by atoms with van der Waals surface area (Å²) in [7, 11) is 1.82. The zero-order valence-electron chi connectivity index (χ0n) is 9.68. The highest BCUT2D eigenvalue weighted by Crippen LogP contribution is 2.19. The van der Waals surface area contributed by atoms with Crippen LogP contribution in [-0.2, 0) is 6.54 Å². The molecule has 0 amide bonds. The van der Waals surface area contributed by atoms with Crippen molar-refractivity contribution in [2.24, 2.45) is 0 Å². The number of likely N-dealkylation sites (N-methyl/N-ethyl adjacent to an activating group) is 1. The highest BCUT2D eigenvalue weighted by Gasteiger charge is 2.21. The summed E-state index contributed by atoms with van der Waals surface area (Å²) in [5.74, 6) is 0.597. The molecule has 1 fully saturated rings. The lowest BCUT2D eigenvalue weighted by Gasteiger charge is -2.15. The van der Waals surface area contributed by atoms with Crippen LogP contribution in [0.2, 0.25) is 0 Å². The van der Waals surface area contributed by atoms with Crippen molar-refractivity contribution in [3.63, 3.8) is 0 Å². The molecule has 0 bridgehead atoms. The quantitative estimate of drug-likeness (QED) is 0.718.